The summed E-state index contributed by atoms with van der Waals surface area (Å²) in [4.78, 5) is 0. The summed E-state index contributed by atoms with van der Waals surface area (Å²) >= 11 is 0. The predicted octanol–water partition coefficient (Wildman–Crippen LogP) is 10.9. The van der Waals surface area contributed by atoms with E-state index < -0.39 is 0 Å². The Hall–Kier alpha value is -5.08. The van der Waals surface area contributed by atoms with Crippen LogP contribution in [0.3, 0.4) is 0 Å². The van der Waals surface area contributed by atoms with Gasteiger partial charge >= 0.3 is 0 Å². The van der Waals surface area contributed by atoms with Gasteiger partial charge in [0, 0.05) is 21.5 Å². The van der Waals surface area contributed by atoms with E-state index in [0.29, 0.717) is 6.61 Å². The second-order valence-corrected chi connectivity index (χ2v) is 10.3. The van der Waals surface area contributed by atoms with Crippen LogP contribution in [0.5, 0.6) is 5.75 Å². The highest BCUT2D eigenvalue weighted by Gasteiger charge is 2.21. The third-order valence-corrected chi connectivity index (χ3v) is 8.16. The summed E-state index contributed by atoms with van der Waals surface area (Å²) in [7, 11) is 0. The van der Waals surface area contributed by atoms with Gasteiger partial charge in [-0.25, -0.2) is 0 Å². The molecule has 1 heterocycles. The van der Waals surface area contributed by atoms with Gasteiger partial charge in [-0.05, 0) is 86.6 Å². The highest BCUT2D eigenvalue weighted by molar-refractivity contribution is 6.38. The molecule has 2 heteroatoms. The normalized spacial score (nSPS) is 11.8. The van der Waals surface area contributed by atoms with Crippen molar-refractivity contribution in [2.75, 3.05) is 6.61 Å². The highest BCUT2D eigenvalue weighted by Crippen LogP contribution is 2.48. The zero-order valence-corrected chi connectivity index (χ0v) is 22.2. The van der Waals surface area contributed by atoms with Gasteiger partial charge in [-0.3, -0.25) is 0 Å². The molecule has 7 aromatic carbocycles. The van der Waals surface area contributed by atoms with E-state index in [1.807, 2.05) is 13.0 Å². The van der Waals surface area contributed by atoms with Gasteiger partial charge in [0.1, 0.15) is 16.9 Å². The Kier molecular flexibility index (Phi) is 4.99. The number of rotatable bonds is 5. The van der Waals surface area contributed by atoms with Crippen LogP contribution in [0, 0.1) is 0 Å². The molecule has 0 fully saturated rings. The minimum absolute atomic E-state index is 0.659. The SMILES string of the molecule is C=Cc1ccc2oc3c4cccc5cc(-c6ccccc6-c6ccc(OCC)cc6)c6cccc(c3c2c1)c6c54. The monoisotopic (exact) mass is 514 g/mol. The lowest BCUT2D eigenvalue weighted by atomic mass is 9.85. The van der Waals surface area contributed by atoms with Crippen LogP contribution in [-0.2, 0) is 0 Å². The van der Waals surface area contributed by atoms with Gasteiger partial charge in [-0.2, -0.15) is 0 Å². The molecule has 2 nitrogen and oxygen atoms in total. The van der Waals surface area contributed by atoms with E-state index >= 15 is 0 Å². The van der Waals surface area contributed by atoms with Gasteiger partial charge in [0.25, 0.3) is 0 Å². The molecule has 0 spiro atoms. The number of fused-ring (bicyclic) bond motifs is 5. The van der Waals surface area contributed by atoms with Gasteiger partial charge in [-0.15, -0.1) is 0 Å². The first-order valence-corrected chi connectivity index (χ1v) is 13.8. The standard InChI is InChI=1S/C38H26O2/c1-3-23-15-20-34-33(21-23)37-30-13-8-12-29-32(22-25-9-7-14-31(38(37)40-34)35(25)36(29)30)28-11-6-5-10-27(28)24-16-18-26(19-17-24)39-4-2/h3,5-22H,1,4H2,2H3. The second kappa shape index (κ2) is 8.72. The van der Waals surface area contributed by atoms with Gasteiger partial charge < -0.3 is 9.15 Å². The fourth-order valence-electron chi connectivity index (χ4n) is 6.44. The Bertz CT molecular complexity index is 2230. The van der Waals surface area contributed by atoms with E-state index in [9.17, 15) is 0 Å². The summed E-state index contributed by atoms with van der Waals surface area (Å²) in [6, 6.07) is 39.0. The molecule has 0 bridgehead atoms. The van der Waals surface area contributed by atoms with Crippen LogP contribution >= 0.6 is 0 Å². The number of hydrogen-bond acceptors (Lipinski definition) is 2. The van der Waals surface area contributed by atoms with Crippen LogP contribution in [0.4, 0.5) is 0 Å². The molecule has 40 heavy (non-hydrogen) atoms. The molecule has 0 aliphatic rings. The predicted molar refractivity (Wildman–Crippen MR) is 170 cm³/mol. The third-order valence-electron chi connectivity index (χ3n) is 8.16. The Morgan fingerprint density at radius 3 is 2.25 bits per heavy atom. The quantitative estimate of drug-likeness (QED) is 0.213. The second-order valence-electron chi connectivity index (χ2n) is 10.3. The Morgan fingerprint density at radius 1 is 0.650 bits per heavy atom. The average molecular weight is 515 g/mol. The molecule has 0 saturated heterocycles. The van der Waals surface area contributed by atoms with Crippen LogP contribution in [0.15, 0.2) is 120 Å². The summed E-state index contributed by atoms with van der Waals surface area (Å²) in [6.07, 6.45) is 1.90. The molecule has 0 radical (unpaired) electrons. The van der Waals surface area contributed by atoms with Crippen molar-refractivity contribution in [3.8, 4) is 28.0 Å². The van der Waals surface area contributed by atoms with Crippen molar-refractivity contribution in [1.82, 2.24) is 0 Å². The van der Waals surface area contributed by atoms with Crippen LogP contribution in [0.25, 0.3) is 82.6 Å². The number of benzene rings is 7. The fraction of sp³-hybridized carbons (Fsp3) is 0.0526. The third kappa shape index (κ3) is 3.23. The van der Waals surface area contributed by atoms with Crippen LogP contribution in [-0.4, -0.2) is 6.61 Å². The summed E-state index contributed by atoms with van der Waals surface area (Å²) in [6.45, 7) is 6.66. The zero-order chi connectivity index (χ0) is 26.8. The lowest BCUT2D eigenvalue weighted by molar-refractivity contribution is 0.340. The first kappa shape index (κ1) is 22.9. The lowest BCUT2D eigenvalue weighted by Gasteiger charge is -2.18. The number of hydrogen-bond donors (Lipinski definition) is 0. The van der Waals surface area contributed by atoms with Crippen molar-refractivity contribution in [2.24, 2.45) is 0 Å². The molecular weight excluding hydrogens is 488 g/mol. The molecule has 0 aliphatic carbocycles. The maximum absolute atomic E-state index is 6.54. The number of furan rings is 1. The van der Waals surface area contributed by atoms with Crippen molar-refractivity contribution in [3.63, 3.8) is 0 Å². The van der Waals surface area contributed by atoms with E-state index in [4.69, 9.17) is 9.15 Å². The van der Waals surface area contributed by atoms with Gasteiger partial charge in [0.2, 0.25) is 0 Å². The Morgan fingerprint density at radius 2 is 1.43 bits per heavy atom. The van der Waals surface area contributed by atoms with Crippen molar-refractivity contribution in [2.45, 2.75) is 6.92 Å². The molecule has 0 amide bonds. The molecule has 1 aromatic heterocycles. The molecule has 0 saturated carbocycles. The van der Waals surface area contributed by atoms with E-state index in [0.717, 1.165) is 33.3 Å². The van der Waals surface area contributed by atoms with E-state index in [2.05, 4.69) is 116 Å². The maximum atomic E-state index is 6.54. The largest absolute Gasteiger partial charge is 0.494 e. The Labute approximate surface area is 232 Å². The van der Waals surface area contributed by atoms with E-state index in [1.54, 1.807) is 0 Å². The summed E-state index contributed by atoms with van der Waals surface area (Å²) < 4.78 is 12.2. The summed E-state index contributed by atoms with van der Waals surface area (Å²) in [5, 5.41) is 9.67. The minimum Gasteiger partial charge on any atom is -0.494 e. The van der Waals surface area contributed by atoms with Crippen molar-refractivity contribution >= 4 is 60.3 Å². The van der Waals surface area contributed by atoms with Crippen molar-refractivity contribution < 1.29 is 9.15 Å². The molecule has 8 aromatic rings. The first-order chi connectivity index (χ1) is 19.7. The van der Waals surface area contributed by atoms with Gasteiger partial charge in [-0.1, -0.05) is 91.5 Å². The molecule has 0 N–H and O–H groups in total. The molecule has 0 aliphatic heterocycles. The van der Waals surface area contributed by atoms with Crippen molar-refractivity contribution in [1.29, 1.82) is 0 Å². The minimum atomic E-state index is 0.659. The fourth-order valence-corrected chi connectivity index (χ4v) is 6.44. The van der Waals surface area contributed by atoms with Crippen LogP contribution < -0.4 is 4.74 Å². The van der Waals surface area contributed by atoms with E-state index in [1.165, 1.54) is 54.6 Å². The van der Waals surface area contributed by atoms with Gasteiger partial charge in [0.05, 0.1) is 6.61 Å². The van der Waals surface area contributed by atoms with Crippen LogP contribution in [0.1, 0.15) is 12.5 Å². The van der Waals surface area contributed by atoms with E-state index in [-0.39, 0.29) is 0 Å². The molecular formula is C38H26O2. The number of ether oxygens (including phenoxy) is 1. The zero-order valence-electron chi connectivity index (χ0n) is 22.2. The topological polar surface area (TPSA) is 22.4 Å². The first-order valence-electron chi connectivity index (χ1n) is 13.8. The lowest BCUT2D eigenvalue weighted by Crippen LogP contribution is -1.92. The molecule has 8 rings (SSSR count). The highest BCUT2D eigenvalue weighted by atomic mass is 16.5. The summed E-state index contributed by atoms with van der Waals surface area (Å²) in [5.41, 5.74) is 7.76. The Balaban J connectivity index is 1.49. The van der Waals surface area contributed by atoms with Crippen LogP contribution in [0.2, 0.25) is 0 Å². The van der Waals surface area contributed by atoms with Gasteiger partial charge in [0.15, 0.2) is 0 Å². The molecule has 190 valence electrons. The summed E-state index contributed by atoms with van der Waals surface area (Å²) in [5.74, 6) is 0.891. The smallest absolute Gasteiger partial charge is 0.143 e. The van der Waals surface area contributed by atoms with Crippen molar-refractivity contribution in [3.05, 3.63) is 121 Å². The molecule has 0 unspecified atom stereocenters. The molecule has 0 atom stereocenters. The average Bonchev–Trinajstić information content (AvgIpc) is 3.40. The maximum Gasteiger partial charge on any atom is 0.143 e.